The van der Waals surface area contributed by atoms with Crippen molar-refractivity contribution in [3.8, 4) is 0 Å². The second-order valence-corrected chi connectivity index (χ2v) is 5.38. The quantitative estimate of drug-likeness (QED) is 0.703. The minimum absolute atomic E-state index is 0.0571. The molecule has 1 aliphatic heterocycles. The fraction of sp³-hybridized carbons (Fsp3) is 0.833. The third-order valence-corrected chi connectivity index (χ3v) is 4.02. The third kappa shape index (κ3) is 2.60. The van der Waals surface area contributed by atoms with E-state index >= 15 is 0 Å². The fourth-order valence-electron chi connectivity index (χ4n) is 2.64. The van der Waals surface area contributed by atoms with Crippen molar-refractivity contribution < 1.29 is 9.59 Å². The molecule has 0 aromatic heterocycles. The number of carbonyl (C=O) groups is 2. The van der Waals surface area contributed by atoms with Crippen LogP contribution in [-0.4, -0.2) is 50.4 Å². The highest BCUT2D eigenvalue weighted by Gasteiger charge is 2.57. The van der Waals surface area contributed by atoms with Gasteiger partial charge in [0.1, 0.15) is 0 Å². The Hall–Kier alpha value is -1.10. The Morgan fingerprint density at radius 3 is 2.59 bits per heavy atom. The monoisotopic (exact) mass is 239 g/mol. The van der Waals surface area contributed by atoms with Gasteiger partial charge in [-0.15, -0.1) is 0 Å². The summed E-state index contributed by atoms with van der Waals surface area (Å²) in [5.74, 6) is 0.139. The molecule has 2 rings (SSSR count). The number of piperidine rings is 1. The molecule has 1 atom stereocenters. The van der Waals surface area contributed by atoms with Gasteiger partial charge in [0, 0.05) is 20.0 Å². The SMILES string of the molecule is CN(C)C(=O)CNC(=O)C1CC12CCNCC2. The van der Waals surface area contributed by atoms with Crippen LogP contribution in [-0.2, 0) is 9.59 Å². The van der Waals surface area contributed by atoms with Crippen LogP contribution in [0.5, 0.6) is 0 Å². The first kappa shape index (κ1) is 12.4. The van der Waals surface area contributed by atoms with Crippen molar-refractivity contribution in [1.82, 2.24) is 15.5 Å². The molecule has 5 nitrogen and oxygen atoms in total. The Labute approximate surface area is 102 Å². The van der Waals surface area contributed by atoms with Gasteiger partial charge in [0.25, 0.3) is 0 Å². The van der Waals surface area contributed by atoms with Crippen LogP contribution in [0.25, 0.3) is 0 Å². The first-order valence-electron chi connectivity index (χ1n) is 6.24. The molecule has 1 saturated carbocycles. The molecule has 0 radical (unpaired) electrons. The average molecular weight is 239 g/mol. The second-order valence-electron chi connectivity index (χ2n) is 5.38. The van der Waals surface area contributed by atoms with Gasteiger partial charge < -0.3 is 15.5 Å². The molecule has 2 amide bonds. The molecule has 2 N–H and O–H groups in total. The summed E-state index contributed by atoms with van der Waals surface area (Å²) in [5, 5.41) is 6.06. The molecule has 96 valence electrons. The van der Waals surface area contributed by atoms with E-state index in [1.807, 2.05) is 0 Å². The van der Waals surface area contributed by atoms with Crippen LogP contribution in [0.15, 0.2) is 0 Å². The van der Waals surface area contributed by atoms with Gasteiger partial charge in [0.05, 0.1) is 6.54 Å². The minimum atomic E-state index is -0.0571. The van der Waals surface area contributed by atoms with Crippen molar-refractivity contribution in [1.29, 1.82) is 0 Å². The summed E-state index contributed by atoms with van der Waals surface area (Å²) in [6.07, 6.45) is 3.18. The normalized spacial score (nSPS) is 25.4. The van der Waals surface area contributed by atoms with E-state index in [2.05, 4.69) is 10.6 Å². The summed E-state index contributed by atoms with van der Waals surface area (Å²) in [7, 11) is 3.39. The van der Waals surface area contributed by atoms with Gasteiger partial charge in [0.15, 0.2) is 0 Å². The van der Waals surface area contributed by atoms with Gasteiger partial charge in [-0.1, -0.05) is 0 Å². The molecule has 1 unspecified atom stereocenters. The van der Waals surface area contributed by atoms with Crippen molar-refractivity contribution in [2.45, 2.75) is 19.3 Å². The van der Waals surface area contributed by atoms with E-state index < -0.39 is 0 Å². The molecule has 2 fully saturated rings. The lowest BCUT2D eigenvalue weighted by atomic mass is 9.92. The molecule has 0 bridgehead atoms. The summed E-state index contributed by atoms with van der Waals surface area (Å²) in [6.45, 7) is 2.15. The van der Waals surface area contributed by atoms with Crippen LogP contribution in [0.3, 0.4) is 0 Å². The number of nitrogens with one attached hydrogen (secondary N) is 2. The molecule has 1 aliphatic carbocycles. The predicted molar refractivity (Wildman–Crippen MR) is 64.3 cm³/mol. The Morgan fingerprint density at radius 2 is 2.00 bits per heavy atom. The highest BCUT2D eigenvalue weighted by molar-refractivity contribution is 5.87. The van der Waals surface area contributed by atoms with E-state index in [0.29, 0.717) is 0 Å². The van der Waals surface area contributed by atoms with E-state index in [9.17, 15) is 9.59 Å². The lowest BCUT2D eigenvalue weighted by Crippen LogP contribution is -2.38. The second kappa shape index (κ2) is 4.64. The smallest absolute Gasteiger partial charge is 0.241 e. The first-order valence-corrected chi connectivity index (χ1v) is 6.24. The van der Waals surface area contributed by atoms with Crippen LogP contribution >= 0.6 is 0 Å². The molecule has 1 heterocycles. The lowest BCUT2D eigenvalue weighted by molar-refractivity contribution is -0.131. The fourth-order valence-corrected chi connectivity index (χ4v) is 2.64. The Balaban J connectivity index is 1.77. The van der Waals surface area contributed by atoms with Crippen molar-refractivity contribution in [3.05, 3.63) is 0 Å². The molecule has 5 heteroatoms. The number of hydrogen-bond acceptors (Lipinski definition) is 3. The number of amides is 2. The van der Waals surface area contributed by atoms with Crippen LogP contribution in [0.4, 0.5) is 0 Å². The van der Waals surface area contributed by atoms with E-state index in [4.69, 9.17) is 0 Å². The summed E-state index contributed by atoms with van der Waals surface area (Å²) in [6, 6.07) is 0. The Kier molecular flexibility index (Phi) is 3.38. The zero-order chi connectivity index (χ0) is 12.5. The molecule has 1 spiro atoms. The van der Waals surface area contributed by atoms with E-state index in [0.717, 1.165) is 32.4 Å². The highest BCUT2D eigenvalue weighted by atomic mass is 16.2. The maximum atomic E-state index is 11.9. The van der Waals surface area contributed by atoms with Gasteiger partial charge in [-0.25, -0.2) is 0 Å². The van der Waals surface area contributed by atoms with Crippen LogP contribution < -0.4 is 10.6 Å². The summed E-state index contributed by atoms with van der Waals surface area (Å²) in [4.78, 5) is 24.8. The Bertz CT molecular complexity index is 322. The number of hydrogen-bond donors (Lipinski definition) is 2. The Morgan fingerprint density at radius 1 is 1.35 bits per heavy atom. The number of likely N-dealkylation sites (N-methyl/N-ethyl adjacent to an activating group) is 1. The maximum Gasteiger partial charge on any atom is 0.241 e. The number of carbonyl (C=O) groups excluding carboxylic acids is 2. The molecule has 0 aromatic rings. The molecule has 1 saturated heterocycles. The van der Waals surface area contributed by atoms with Gasteiger partial charge >= 0.3 is 0 Å². The lowest BCUT2D eigenvalue weighted by Gasteiger charge is -2.23. The highest BCUT2D eigenvalue weighted by Crippen LogP contribution is 2.58. The van der Waals surface area contributed by atoms with Crippen molar-refractivity contribution in [2.75, 3.05) is 33.7 Å². The average Bonchev–Trinajstić information content (AvgIpc) is 3.00. The van der Waals surface area contributed by atoms with Crippen molar-refractivity contribution in [3.63, 3.8) is 0 Å². The number of nitrogens with zero attached hydrogens (tertiary/aromatic N) is 1. The first-order chi connectivity index (χ1) is 8.05. The molecular weight excluding hydrogens is 218 g/mol. The van der Waals surface area contributed by atoms with Crippen LogP contribution in [0.1, 0.15) is 19.3 Å². The standard InChI is InChI=1S/C12H21N3O2/c1-15(2)10(16)8-14-11(17)9-7-12(9)3-5-13-6-4-12/h9,13H,3-8H2,1-2H3,(H,14,17). The maximum absolute atomic E-state index is 11.9. The zero-order valence-electron chi connectivity index (χ0n) is 10.6. The topological polar surface area (TPSA) is 61.4 Å². The molecule has 17 heavy (non-hydrogen) atoms. The van der Waals surface area contributed by atoms with Crippen LogP contribution in [0, 0.1) is 11.3 Å². The largest absolute Gasteiger partial charge is 0.347 e. The van der Waals surface area contributed by atoms with Gasteiger partial charge in [-0.05, 0) is 37.8 Å². The third-order valence-electron chi connectivity index (χ3n) is 4.02. The predicted octanol–water partition coefficient (Wildman–Crippen LogP) is -0.419. The molecule has 2 aliphatic rings. The zero-order valence-corrected chi connectivity index (χ0v) is 10.6. The number of rotatable bonds is 3. The van der Waals surface area contributed by atoms with Crippen molar-refractivity contribution >= 4 is 11.8 Å². The van der Waals surface area contributed by atoms with Crippen molar-refractivity contribution in [2.24, 2.45) is 11.3 Å². The summed E-state index contributed by atoms with van der Waals surface area (Å²) in [5.41, 5.74) is 0.247. The van der Waals surface area contributed by atoms with Crippen LogP contribution in [0.2, 0.25) is 0 Å². The van der Waals surface area contributed by atoms with E-state index in [-0.39, 0.29) is 29.7 Å². The van der Waals surface area contributed by atoms with E-state index in [1.54, 1.807) is 14.1 Å². The summed E-state index contributed by atoms with van der Waals surface area (Å²) >= 11 is 0. The molecular formula is C12H21N3O2. The van der Waals surface area contributed by atoms with Gasteiger partial charge in [-0.2, -0.15) is 0 Å². The van der Waals surface area contributed by atoms with Gasteiger partial charge in [-0.3, -0.25) is 9.59 Å². The molecule has 0 aromatic carbocycles. The van der Waals surface area contributed by atoms with E-state index in [1.165, 1.54) is 4.90 Å². The minimum Gasteiger partial charge on any atom is -0.347 e. The van der Waals surface area contributed by atoms with Gasteiger partial charge in [0.2, 0.25) is 11.8 Å². The summed E-state index contributed by atoms with van der Waals surface area (Å²) < 4.78 is 0.